The molecule has 1 aromatic rings. The zero-order valence-electron chi connectivity index (χ0n) is 11.4. The quantitative estimate of drug-likeness (QED) is 0.861. The van der Waals surface area contributed by atoms with Crippen LogP contribution < -0.4 is 11.1 Å². The minimum absolute atomic E-state index is 0.360. The van der Waals surface area contributed by atoms with Crippen molar-refractivity contribution < 1.29 is 0 Å². The van der Waals surface area contributed by atoms with Gasteiger partial charge in [0.1, 0.15) is 5.82 Å². The summed E-state index contributed by atoms with van der Waals surface area (Å²) in [5.41, 5.74) is 5.91. The highest BCUT2D eigenvalue weighted by molar-refractivity contribution is 7.09. The van der Waals surface area contributed by atoms with Crippen LogP contribution in [0.3, 0.4) is 0 Å². The average molecular weight is 268 g/mol. The van der Waals surface area contributed by atoms with Gasteiger partial charge in [-0.2, -0.15) is 4.37 Å². The van der Waals surface area contributed by atoms with Crippen molar-refractivity contribution in [3.63, 3.8) is 0 Å². The van der Waals surface area contributed by atoms with E-state index in [9.17, 15) is 0 Å². The van der Waals surface area contributed by atoms with Gasteiger partial charge in [-0.1, -0.05) is 33.1 Å². The Bertz CT molecular complexity index is 358. The fourth-order valence-electron chi connectivity index (χ4n) is 2.59. The van der Waals surface area contributed by atoms with Crippen molar-refractivity contribution in [2.45, 2.75) is 57.9 Å². The molecular weight excluding hydrogens is 244 g/mol. The van der Waals surface area contributed by atoms with Crippen molar-refractivity contribution in [2.75, 3.05) is 11.9 Å². The van der Waals surface area contributed by atoms with E-state index in [1.807, 2.05) is 0 Å². The molecule has 1 aromatic heterocycles. The van der Waals surface area contributed by atoms with Crippen molar-refractivity contribution in [2.24, 2.45) is 11.7 Å². The zero-order chi connectivity index (χ0) is 13.0. The van der Waals surface area contributed by atoms with Crippen LogP contribution >= 0.6 is 11.5 Å². The van der Waals surface area contributed by atoms with Gasteiger partial charge in [0, 0.05) is 30.0 Å². The molecule has 1 atom stereocenters. The summed E-state index contributed by atoms with van der Waals surface area (Å²) in [4.78, 5) is 4.53. The fourth-order valence-corrected chi connectivity index (χ4v) is 3.36. The second-order valence-electron chi connectivity index (χ2n) is 5.50. The normalized spacial score (nSPS) is 19.1. The lowest BCUT2D eigenvalue weighted by Gasteiger charge is -2.29. The molecule has 0 aromatic carbocycles. The van der Waals surface area contributed by atoms with E-state index in [0.29, 0.717) is 24.4 Å². The standard InChI is InChI=1S/C13H24N4S/c1-9(2)12-16-13(18-17-12)15-11(8-14)10-6-4-3-5-7-10/h9-11H,3-8,14H2,1-2H3,(H,15,16,17). The Hall–Kier alpha value is -0.680. The lowest BCUT2D eigenvalue weighted by Crippen LogP contribution is -2.37. The summed E-state index contributed by atoms with van der Waals surface area (Å²) in [7, 11) is 0. The van der Waals surface area contributed by atoms with Crippen LogP contribution in [0.15, 0.2) is 0 Å². The first-order valence-corrected chi connectivity index (χ1v) is 7.78. The van der Waals surface area contributed by atoms with Crippen molar-refractivity contribution in [3.05, 3.63) is 5.82 Å². The predicted molar refractivity (Wildman–Crippen MR) is 77.0 cm³/mol. The Morgan fingerprint density at radius 1 is 1.33 bits per heavy atom. The van der Waals surface area contributed by atoms with Gasteiger partial charge in [-0.25, -0.2) is 4.98 Å². The molecule has 0 spiro atoms. The summed E-state index contributed by atoms with van der Waals surface area (Å²) in [6.07, 6.45) is 6.66. The average Bonchev–Trinajstić information content (AvgIpc) is 2.86. The summed E-state index contributed by atoms with van der Waals surface area (Å²) in [6, 6.07) is 0.360. The Labute approximate surface area is 114 Å². The molecule has 0 radical (unpaired) electrons. The van der Waals surface area contributed by atoms with E-state index in [1.165, 1.54) is 43.6 Å². The SMILES string of the molecule is CC(C)c1nsc(NC(CN)C2CCCCC2)n1. The van der Waals surface area contributed by atoms with Crippen molar-refractivity contribution >= 4 is 16.7 Å². The number of hydrogen-bond donors (Lipinski definition) is 2. The van der Waals surface area contributed by atoms with Gasteiger partial charge in [-0.05, 0) is 18.8 Å². The van der Waals surface area contributed by atoms with Crippen LogP contribution in [-0.2, 0) is 0 Å². The molecule has 1 unspecified atom stereocenters. The Kier molecular flexibility index (Phi) is 4.95. The maximum absolute atomic E-state index is 5.91. The zero-order valence-corrected chi connectivity index (χ0v) is 12.2. The molecule has 1 saturated carbocycles. The van der Waals surface area contributed by atoms with Gasteiger partial charge in [-0.3, -0.25) is 0 Å². The highest BCUT2D eigenvalue weighted by atomic mass is 32.1. The minimum Gasteiger partial charge on any atom is -0.356 e. The van der Waals surface area contributed by atoms with Crippen LogP contribution in [0.1, 0.15) is 57.7 Å². The van der Waals surface area contributed by atoms with Crippen molar-refractivity contribution in [1.82, 2.24) is 9.36 Å². The Morgan fingerprint density at radius 2 is 2.06 bits per heavy atom. The summed E-state index contributed by atoms with van der Waals surface area (Å²) in [5, 5.41) is 4.42. The van der Waals surface area contributed by atoms with Crippen LogP contribution in [0.5, 0.6) is 0 Å². The third kappa shape index (κ3) is 3.42. The first-order chi connectivity index (χ1) is 8.70. The monoisotopic (exact) mass is 268 g/mol. The lowest BCUT2D eigenvalue weighted by molar-refractivity contribution is 0.320. The summed E-state index contributed by atoms with van der Waals surface area (Å²) < 4.78 is 4.38. The number of anilines is 1. The lowest BCUT2D eigenvalue weighted by atomic mass is 9.84. The first-order valence-electron chi connectivity index (χ1n) is 7.01. The molecule has 0 bridgehead atoms. The van der Waals surface area contributed by atoms with E-state index < -0.39 is 0 Å². The maximum Gasteiger partial charge on any atom is 0.202 e. The van der Waals surface area contributed by atoms with Gasteiger partial charge >= 0.3 is 0 Å². The molecule has 5 heteroatoms. The van der Waals surface area contributed by atoms with E-state index in [2.05, 4.69) is 28.5 Å². The van der Waals surface area contributed by atoms with Crippen molar-refractivity contribution in [3.8, 4) is 0 Å². The number of aromatic nitrogens is 2. The fraction of sp³-hybridized carbons (Fsp3) is 0.846. The smallest absolute Gasteiger partial charge is 0.202 e. The second kappa shape index (κ2) is 6.48. The molecule has 0 amide bonds. The van der Waals surface area contributed by atoms with Gasteiger partial charge < -0.3 is 11.1 Å². The van der Waals surface area contributed by atoms with E-state index in [4.69, 9.17) is 5.73 Å². The van der Waals surface area contributed by atoms with Crippen molar-refractivity contribution in [1.29, 1.82) is 0 Å². The Balaban J connectivity index is 1.95. The molecule has 4 nitrogen and oxygen atoms in total. The van der Waals surface area contributed by atoms with Gasteiger partial charge in [0.15, 0.2) is 0 Å². The summed E-state index contributed by atoms with van der Waals surface area (Å²) >= 11 is 1.46. The molecule has 0 aliphatic heterocycles. The second-order valence-corrected chi connectivity index (χ2v) is 6.25. The minimum atomic E-state index is 0.360. The molecule has 3 N–H and O–H groups in total. The molecule has 0 saturated heterocycles. The van der Waals surface area contributed by atoms with Crippen LogP contribution in [-0.4, -0.2) is 21.9 Å². The van der Waals surface area contributed by atoms with Crippen LogP contribution in [0.25, 0.3) is 0 Å². The van der Waals surface area contributed by atoms with E-state index in [-0.39, 0.29) is 0 Å². The molecule has 18 heavy (non-hydrogen) atoms. The molecule has 2 rings (SSSR count). The molecule has 1 fully saturated rings. The third-order valence-electron chi connectivity index (χ3n) is 3.74. The molecule has 102 valence electrons. The molecule has 1 aliphatic carbocycles. The highest BCUT2D eigenvalue weighted by Crippen LogP contribution is 2.28. The highest BCUT2D eigenvalue weighted by Gasteiger charge is 2.23. The summed E-state index contributed by atoms with van der Waals surface area (Å²) in [5.74, 6) is 2.03. The number of nitrogens with two attached hydrogens (primary N) is 1. The first kappa shape index (κ1) is 13.7. The number of hydrogen-bond acceptors (Lipinski definition) is 5. The van der Waals surface area contributed by atoms with E-state index >= 15 is 0 Å². The van der Waals surface area contributed by atoms with Crippen LogP contribution in [0.2, 0.25) is 0 Å². The van der Waals surface area contributed by atoms with Gasteiger partial charge in [0.05, 0.1) is 0 Å². The Morgan fingerprint density at radius 3 is 2.61 bits per heavy atom. The van der Waals surface area contributed by atoms with Crippen LogP contribution in [0, 0.1) is 5.92 Å². The topological polar surface area (TPSA) is 63.8 Å². The summed E-state index contributed by atoms with van der Waals surface area (Å²) in [6.45, 7) is 4.92. The maximum atomic E-state index is 5.91. The van der Waals surface area contributed by atoms with Gasteiger partial charge in [0.25, 0.3) is 0 Å². The molecule has 1 heterocycles. The molecule has 1 aliphatic rings. The van der Waals surface area contributed by atoms with Crippen LogP contribution in [0.4, 0.5) is 5.13 Å². The molecular formula is C13H24N4S. The number of nitrogens with zero attached hydrogens (tertiary/aromatic N) is 2. The van der Waals surface area contributed by atoms with Gasteiger partial charge in [0.2, 0.25) is 5.13 Å². The number of nitrogens with one attached hydrogen (secondary N) is 1. The van der Waals surface area contributed by atoms with E-state index in [0.717, 1.165) is 11.0 Å². The predicted octanol–water partition coefficient (Wildman–Crippen LogP) is 2.98. The number of rotatable bonds is 5. The van der Waals surface area contributed by atoms with Gasteiger partial charge in [-0.15, -0.1) is 0 Å². The third-order valence-corrected chi connectivity index (χ3v) is 4.40. The largest absolute Gasteiger partial charge is 0.356 e. The van der Waals surface area contributed by atoms with E-state index in [1.54, 1.807) is 0 Å².